The molecule has 1 aromatic heterocycles. The average Bonchev–Trinajstić information content (AvgIpc) is 2.77. The molecule has 0 aliphatic rings. The molecule has 0 fully saturated rings. The van der Waals surface area contributed by atoms with Gasteiger partial charge in [0, 0.05) is 28.7 Å². The van der Waals surface area contributed by atoms with Crippen molar-refractivity contribution in [1.29, 1.82) is 0 Å². The summed E-state index contributed by atoms with van der Waals surface area (Å²) in [6, 6.07) is 5.09. The number of amides is 1. The van der Waals surface area contributed by atoms with E-state index in [1.54, 1.807) is 18.2 Å². The molecule has 1 aromatic carbocycles. The van der Waals surface area contributed by atoms with Crippen LogP contribution in [-0.4, -0.2) is 23.2 Å². The van der Waals surface area contributed by atoms with Crippen LogP contribution < -0.4 is 5.32 Å². The van der Waals surface area contributed by atoms with E-state index >= 15 is 0 Å². The van der Waals surface area contributed by atoms with E-state index in [9.17, 15) is 9.59 Å². The number of H-pyrrole nitrogens is 1. The second-order valence-corrected chi connectivity index (χ2v) is 4.16. The number of ketones is 1. The lowest BCUT2D eigenvalue weighted by molar-refractivity contribution is -0.116. The first-order chi connectivity index (χ1) is 8.63. The van der Waals surface area contributed by atoms with Gasteiger partial charge in [-0.1, -0.05) is 23.7 Å². The third kappa shape index (κ3) is 2.28. The van der Waals surface area contributed by atoms with Crippen molar-refractivity contribution in [3.8, 4) is 0 Å². The van der Waals surface area contributed by atoms with Crippen LogP contribution in [0.2, 0.25) is 5.02 Å². The van der Waals surface area contributed by atoms with Crippen LogP contribution in [-0.2, 0) is 4.79 Å². The first-order valence-electron chi connectivity index (χ1n) is 5.33. The molecule has 0 radical (unpaired) electrons. The number of benzene rings is 1. The summed E-state index contributed by atoms with van der Waals surface area (Å²) < 4.78 is 0. The molecule has 0 aliphatic heterocycles. The first-order valence-corrected chi connectivity index (χ1v) is 5.71. The van der Waals surface area contributed by atoms with Gasteiger partial charge >= 0.3 is 0 Å². The third-order valence-electron chi connectivity index (χ3n) is 2.50. The molecule has 2 aromatic rings. The highest BCUT2D eigenvalue weighted by atomic mass is 35.5. The molecule has 0 unspecified atom stereocenters. The van der Waals surface area contributed by atoms with Crippen LogP contribution in [0.1, 0.15) is 10.4 Å². The number of hydrogen-bond acceptors (Lipinski definition) is 2. The molecule has 2 N–H and O–H groups in total. The number of nitrogens with one attached hydrogen (secondary N) is 2. The number of carbonyl (C=O) groups excluding carboxylic acids is 2. The van der Waals surface area contributed by atoms with Crippen LogP contribution in [0.15, 0.2) is 37.1 Å². The lowest BCUT2D eigenvalue weighted by atomic mass is 10.1. The number of fused-ring (bicyclic) bond motifs is 1. The Hall–Kier alpha value is -2.07. The normalized spacial score (nSPS) is 10.3. The number of rotatable bonds is 4. The third-order valence-corrected chi connectivity index (χ3v) is 2.74. The molecule has 1 heterocycles. The minimum absolute atomic E-state index is 0.263. The summed E-state index contributed by atoms with van der Waals surface area (Å²) in [5, 5.41) is 3.70. The van der Waals surface area contributed by atoms with Gasteiger partial charge in [0.1, 0.15) is 0 Å². The van der Waals surface area contributed by atoms with Gasteiger partial charge in [0.25, 0.3) is 11.7 Å². The molecule has 92 valence electrons. The molecular formula is C13H11ClN2O2. The van der Waals surface area contributed by atoms with Gasteiger partial charge in [-0.25, -0.2) is 0 Å². The molecule has 2 rings (SSSR count). The lowest BCUT2D eigenvalue weighted by Crippen LogP contribution is -2.30. The predicted molar refractivity (Wildman–Crippen MR) is 70.8 cm³/mol. The van der Waals surface area contributed by atoms with Crippen LogP contribution in [0.5, 0.6) is 0 Å². The van der Waals surface area contributed by atoms with Crippen molar-refractivity contribution in [3.05, 3.63) is 47.6 Å². The van der Waals surface area contributed by atoms with E-state index in [1.807, 2.05) is 0 Å². The Morgan fingerprint density at radius 2 is 2.22 bits per heavy atom. The monoisotopic (exact) mass is 262 g/mol. The van der Waals surface area contributed by atoms with Crippen LogP contribution in [0, 0.1) is 0 Å². The Balaban J connectivity index is 2.33. The second-order valence-electron chi connectivity index (χ2n) is 3.72. The Morgan fingerprint density at radius 3 is 2.94 bits per heavy atom. The largest absolute Gasteiger partial charge is 0.360 e. The highest BCUT2D eigenvalue weighted by Crippen LogP contribution is 2.22. The molecule has 18 heavy (non-hydrogen) atoms. The van der Waals surface area contributed by atoms with Crippen molar-refractivity contribution in [1.82, 2.24) is 10.3 Å². The molecule has 0 atom stereocenters. The molecule has 0 saturated carbocycles. The fourth-order valence-corrected chi connectivity index (χ4v) is 1.83. The van der Waals surface area contributed by atoms with Crippen molar-refractivity contribution >= 4 is 34.2 Å². The van der Waals surface area contributed by atoms with Gasteiger partial charge < -0.3 is 10.3 Å². The van der Waals surface area contributed by atoms with Crippen molar-refractivity contribution in [2.45, 2.75) is 0 Å². The standard InChI is InChI=1S/C13H11ClN2O2/c1-2-5-15-13(18)12(17)10-7-16-11-6-8(14)3-4-9(10)11/h2-4,6-7,16H,1,5H2,(H,15,18). The quantitative estimate of drug-likeness (QED) is 0.505. The fourth-order valence-electron chi connectivity index (χ4n) is 1.65. The summed E-state index contributed by atoms with van der Waals surface area (Å²) in [5.74, 6) is -1.23. The zero-order valence-electron chi connectivity index (χ0n) is 9.50. The number of hydrogen-bond donors (Lipinski definition) is 2. The molecule has 0 saturated heterocycles. The minimum Gasteiger partial charge on any atom is -0.360 e. The smallest absolute Gasteiger partial charge is 0.292 e. The maximum atomic E-state index is 11.9. The summed E-state index contributed by atoms with van der Waals surface area (Å²) in [5.41, 5.74) is 1.06. The zero-order valence-corrected chi connectivity index (χ0v) is 10.3. The molecule has 1 amide bonds. The average molecular weight is 263 g/mol. The van der Waals surface area contributed by atoms with E-state index in [-0.39, 0.29) is 6.54 Å². The predicted octanol–water partition coefficient (Wildman–Crippen LogP) is 2.31. The number of halogens is 1. The van der Waals surface area contributed by atoms with E-state index in [0.717, 1.165) is 5.52 Å². The van der Waals surface area contributed by atoms with Crippen LogP contribution in [0.3, 0.4) is 0 Å². The Morgan fingerprint density at radius 1 is 1.44 bits per heavy atom. The summed E-state index contributed by atoms with van der Waals surface area (Å²) in [6.45, 7) is 3.73. The van der Waals surface area contributed by atoms with E-state index in [4.69, 9.17) is 11.6 Å². The van der Waals surface area contributed by atoms with Crippen LogP contribution in [0.4, 0.5) is 0 Å². The van der Waals surface area contributed by atoms with E-state index in [2.05, 4.69) is 16.9 Å². The first kappa shape index (κ1) is 12.4. The number of aromatic nitrogens is 1. The van der Waals surface area contributed by atoms with Crippen LogP contribution in [0.25, 0.3) is 10.9 Å². The van der Waals surface area contributed by atoms with Gasteiger partial charge in [0.2, 0.25) is 0 Å². The highest BCUT2D eigenvalue weighted by Gasteiger charge is 2.19. The zero-order chi connectivity index (χ0) is 13.1. The van der Waals surface area contributed by atoms with Gasteiger partial charge in [0.15, 0.2) is 0 Å². The van der Waals surface area contributed by atoms with E-state index in [0.29, 0.717) is 16.0 Å². The molecule has 0 aliphatic carbocycles. The van der Waals surface area contributed by atoms with Gasteiger partial charge in [-0.3, -0.25) is 9.59 Å². The molecule has 4 nitrogen and oxygen atoms in total. The van der Waals surface area contributed by atoms with Gasteiger partial charge in [-0.2, -0.15) is 0 Å². The van der Waals surface area contributed by atoms with Crippen molar-refractivity contribution in [2.24, 2.45) is 0 Å². The summed E-state index contributed by atoms with van der Waals surface area (Å²) in [6.07, 6.45) is 3.02. The number of aromatic amines is 1. The molecular weight excluding hydrogens is 252 g/mol. The van der Waals surface area contributed by atoms with Gasteiger partial charge in [0.05, 0.1) is 5.56 Å². The maximum Gasteiger partial charge on any atom is 0.292 e. The van der Waals surface area contributed by atoms with Crippen molar-refractivity contribution < 1.29 is 9.59 Å². The van der Waals surface area contributed by atoms with Gasteiger partial charge in [-0.05, 0) is 12.1 Å². The SMILES string of the molecule is C=CCNC(=O)C(=O)c1c[nH]c2cc(Cl)ccc12. The lowest BCUT2D eigenvalue weighted by Gasteiger charge is -2.00. The molecule has 0 bridgehead atoms. The Labute approximate surface area is 109 Å². The summed E-state index contributed by atoms with van der Waals surface area (Å²) in [7, 11) is 0. The minimum atomic E-state index is -0.647. The highest BCUT2D eigenvalue weighted by molar-refractivity contribution is 6.45. The van der Waals surface area contributed by atoms with Crippen LogP contribution >= 0.6 is 11.6 Å². The van der Waals surface area contributed by atoms with Crippen molar-refractivity contribution in [2.75, 3.05) is 6.54 Å². The number of Topliss-reactive ketones (excluding diaryl/α,β-unsaturated/α-hetero) is 1. The Kier molecular flexibility index (Phi) is 3.48. The topological polar surface area (TPSA) is 62.0 Å². The Bertz CT molecular complexity index is 631. The molecule has 0 spiro atoms. The van der Waals surface area contributed by atoms with E-state index < -0.39 is 11.7 Å². The molecule has 5 heteroatoms. The summed E-state index contributed by atoms with van der Waals surface area (Å²) in [4.78, 5) is 26.4. The van der Waals surface area contributed by atoms with E-state index in [1.165, 1.54) is 12.3 Å². The fraction of sp³-hybridized carbons (Fsp3) is 0.0769. The number of carbonyl (C=O) groups is 2. The summed E-state index contributed by atoms with van der Waals surface area (Å²) >= 11 is 5.84. The maximum absolute atomic E-state index is 11.9. The van der Waals surface area contributed by atoms with Gasteiger partial charge in [-0.15, -0.1) is 6.58 Å². The van der Waals surface area contributed by atoms with Crippen molar-refractivity contribution in [3.63, 3.8) is 0 Å². The second kappa shape index (κ2) is 5.06.